The molecule has 0 N–H and O–H groups in total. The molecule has 146 valence electrons. The third-order valence-corrected chi connectivity index (χ3v) is 6.24. The first-order chi connectivity index (χ1) is 12.8. The van der Waals surface area contributed by atoms with E-state index in [0.29, 0.717) is 18.8 Å². The minimum atomic E-state index is -3.24. The first kappa shape index (κ1) is 19.8. The van der Waals surface area contributed by atoms with E-state index in [4.69, 9.17) is 4.42 Å². The second kappa shape index (κ2) is 8.37. The van der Waals surface area contributed by atoms with E-state index in [2.05, 4.69) is 4.90 Å². The summed E-state index contributed by atoms with van der Waals surface area (Å²) < 4.78 is 30.1. The van der Waals surface area contributed by atoms with Gasteiger partial charge in [0, 0.05) is 25.1 Å². The van der Waals surface area contributed by atoms with Crippen molar-refractivity contribution in [1.82, 2.24) is 9.21 Å². The summed E-state index contributed by atoms with van der Waals surface area (Å²) in [5.41, 5.74) is 0.772. The average molecular weight is 391 g/mol. The van der Waals surface area contributed by atoms with Gasteiger partial charge in [0.1, 0.15) is 11.5 Å². The van der Waals surface area contributed by atoms with Crippen LogP contribution in [0.3, 0.4) is 0 Å². The Labute approximate surface area is 160 Å². The van der Waals surface area contributed by atoms with Crippen LogP contribution in [0.5, 0.6) is 0 Å². The van der Waals surface area contributed by atoms with Crippen LogP contribution < -0.4 is 0 Å². The van der Waals surface area contributed by atoms with E-state index in [9.17, 15) is 13.2 Å². The Hall–Kier alpha value is -1.96. The highest BCUT2D eigenvalue weighted by Crippen LogP contribution is 2.23. The summed E-state index contributed by atoms with van der Waals surface area (Å²) in [5.74, 6) is 1.62. The Morgan fingerprint density at radius 2 is 1.89 bits per heavy atom. The predicted molar refractivity (Wildman–Crippen MR) is 104 cm³/mol. The minimum absolute atomic E-state index is 0.00644. The van der Waals surface area contributed by atoms with Crippen molar-refractivity contribution < 1.29 is 17.6 Å². The number of hydrogen-bond donors (Lipinski definition) is 0. The molecule has 0 aliphatic carbocycles. The van der Waals surface area contributed by atoms with Gasteiger partial charge in [0.05, 0.1) is 19.3 Å². The molecule has 27 heavy (non-hydrogen) atoms. The normalized spacial score (nSPS) is 18.7. The SMILES string of the molecule is CN(Cc1ccc(CN2CCC[C@H](C(=O)c3ccccc3)C2)o1)S(C)(=O)=O. The van der Waals surface area contributed by atoms with Gasteiger partial charge in [0.2, 0.25) is 10.0 Å². The molecule has 0 unspecified atom stereocenters. The minimum Gasteiger partial charge on any atom is -0.463 e. The number of Topliss-reactive ketones (excluding diaryl/α,β-unsaturated/α-hetero) is 1. The lowest BCUT2D eigenvalue weighted by molar-refractivity contribution is 0.0802. The van der Waals surface area contributed by atoms with Crippen LogP contribution in [0.25, 0.3) is 0 Å². The van der Waals surface area contributed by atoms with Crippen LogP contribution in [-0.4, -0.2) is 49.8 Å². The highest BCUT2D eigenvalue weighted by Gasteiger charge is 2.27. The predicted octanol–water partition coefficient (Wildman–Crippen LogP) is 2.77. The lowest BCUT2D eigenvalue weighted by atomic mass is 9.90. The molecule has 0 saturated carbocycles. The van der Waals surface area contributed by atoms with Gasteiger partial charge in [-0.15, -0.1) is 0 Å². The highest BCUT2D eigenvalue weighted by molar-refractivity contribution is 7.88. The standard InChI is InChI=1S/C20H26N2O4S/c1-21(27(2,24)25)14-18-10-11-19(26-18)15-22-12-6-9-17(13-22)20(23)16-7-4-3-5-8-16/h3-5,7-8,10-11,17H,6,9,12-15H2,1-2H3/t17-/m0/s1. The summed E-state index contributed by atoms with van der Waals surface area (Å²) >= 11 is 0. The fraction of sp³-hybridized carbons (Fsp3) is 0.450. The molecule has 0 spiro atoms. The summed E-state index contributed by atoms with van der Waals surface area (Å²) in [6.45, 7) is 2.49. The van der Waals surface area contributed by atoms with Gasteiger partial charge in [0.25, 0.3) is 0 Å². The Kier molecular flexibility index (Phi) is 6.14. The molecule has 0 amide bonds. The van der Waals surface area contributed by atoms with Crippen LogP contribution in [0.1, 0.15) is 34.7 Å². The number of sulfonamides is 1. The smallest absolute Gasteiger partial charge is 0.211 e. The molecule has 1 saturated heterocycles. The molecule has 1 fully saturated rings. The van der Waals surface area contributed by atoms with E-state index in [0.717, 1.165) is 30.7 Å². The van der Waals surface area contributed by atoms with Gasteiger partial charge >= 0.3 is 0 Å². The Morgan fingerprint density at radius 1 is 1.19 bits per heavy atom. The van der Waals surface area contributed by atoms with Crippen molar-refractivity contribution in [3.8, 4) is 0 Å². The van der Waals surface area contributed by atoms with Crippen LogP contribution >= 0.6 is 0 Å². The number of nitrogens with zero attached hydrogens (tertiary/aromatic N) is 2. The molecular formula is C20H26N2O4S. The molecule has 6 nitrogen and oxygen atoms in total. The number of rotatable bonds is 7. The van der Waals surface area contributed by atoms with Gasteiger partial charge in [-0.25, -0.2) is 8.42 Å². The molecule has 0 radical (unpaired) electrons. The molecular weight excluding hydrogens is 364 g/mol. The van der Waals surface area contributed by atoms with Crippen LogP contribution in [0.2, 0.25) is 0 Å². The molecule has 7 heteroatoms. The lowest BCUT2D eigenvalue weighted by Gasteiger charge is -2.31. The average Bonchev–Trinajstić information content (AvgIpc) is 3.08. The summed E-state index contributed by atoms with van der Waals surface area (Å²) in [4.78, 5) is 14.9. The maximum absolute atomic E-state index is 12.7. The van der Waals surface area contributed by atoms with Crippen molar-refractivity contribution in [2.75, 3.05) is 26.4 Å². The number of ketones is 1. The molecule has 1 aromatic carbocycles. The van der Waals surface area contributed by atoms with E-state index < -0.39 is 10.0 Å². The fourth-order valence-electron chi connectivity index (χ4n) is 3.40. The molecule has 1 aromatic heterocycles. The maximum atomic E-state index is 12.7. The lowest BCUT2D eigenvalue weighted by Crippen LogP contribution is -2.38. The molecule has 1 aliphatic heterocycles. The van der Waals surface area contributed by atoms with E-state index in [-0.39, 0.29) is 18.2 Å². The molecule has 0 bridgehead atoms. The number of carbonyl (C=O) groups is 1. The highest BCUT2D eigenvalue weighted by atomic mass is 32.2. The first-order valence-electron chi connectivity index (χ1n) is 9.13. The van der Waals surface area contributed by atoms with Gasteiger partial charge in [-0.1, -0.05) is 30.3 Å². The monoisotopic (exact) mass is 390 g/mol. The van der Waals surface area contributed by atoms with Crippen molar-refractivity contribution in [3.63, 3.8) is 0 Å². The maximum Gasteiger partial charge on any atom is 0.211 e. The largest absolute Gasteiger partial charge is 0.463 e. The number of furan rings is 1. The van der Waals surface area contributed by atoms with Crippen molar-refractivity contribution in [2.24, 2.45) is 5.92 Å². The second-order valence-electron chi connectivity index (χ2n) is 7.19. The van der Waals surface area contributed by atoms with Gasteiger partial charge in [0.15, 0.2) is 5.78 Å². The molecule has 1 atom stereocenters. The first-order valence-corrected chi connectivity index (χ1v) is 11.0. The third kappa shape index (κ3) is 5.28. The van der Waals surface area contributed by atoms with Gasteiger partial charge in [-0.2, -0.15) is 4.31 Å². The quantitative estimate of drug-likeness (QED) is 0.680. The van der Waals surface area contributed by atoms with Crippen molar-refractivity contribution in [3.05, 3.63) is 59.5 Å². The Morgan fingerprint density at radius 3 is 2.59 bits per heavy atom. The molecule has 3 rings (SSSR count). The topological polar surface area (TPSA) is 70.8 Å². The van der Waals surface area contributed by atoms with Crippen LogP contribution in [0, 0.1) is 5.92 Å². The van der Waals surface area contributed by atoms with Crippen LogP contribution in [0.4, 0.5) is 0 Å². The van der Waals surface area contributed by atoms with Crippen molar-refractivity contribution in [1.29, 1.82) is 0 Å². The summed E-state index contributed by atoms with van der Waals surface area (Å²) in [6.07, 6.45) is 3.06. The van der Waals surface area contributed by atoms with Crippen molar-refractivity contribution >= 4 is 15.8 Å². The van der Waals surface area contributed by atoms with E-state index in [1.54, 1.807) is 0 Å². The van der Waals surface area contributed by atoms with Gasteiger partial charge in [-0.3, -0.25) is 9.69 Å². The van der Waals surface area contributed by atoms with E-state index in [1.165, 1.54) is 17.6 Å². The molecule has 2 aromatic rings. The van der Waals surface area contributed by atoms with Gasteiger partial charge in [-0.05, 0) is 31.5 Å². The third-order valence-electron chi connectivity index (χ3n) is 4.98. The number of hydrogen-bond acceptors (Lipinski definition) is 5. The second-order valence-corrected chi connectivity index (χ2v) is 9.28. The summed E-state index contributed by atoms with van der Waals surface area (Å²) in [7, 11) is -1.71. The van der Waals surface area contributed by atoms with E-state index in [1.807, 2.05) is 42.5 Å². The van der Waals surface area contributed by atoms with Crippen LogP contribution in [-0.2, 0) is 23.1 Å². The van der Waals surface area contributed by atoms with Gasteiger partial charge < -0.3 is 4.42 Å². The molecule has 1 aliphatic rings. The summed E-state index contributed by atoms with van der Waals surface area (Å²) in [6, 6.07) is 13.1. The number of likely N-dealkylation sites (tertiary alicyclic amines) is 1. The van der Waals surface area contributed by atoms with Crippen molar-refractivity contribution in [2.45, 2.75) is 25.9 Å². The van der Waals surface area contributed by atoms with E-state index >= 15 is 0 Å². The number of carbonyl (C=O) groups excluding carboxylic acids is 1. The zero-order chi connectivity index (χ0) is 19.4. The number of piperidine rings is 1. The molecule has 2 heterocycles. The van der Waals surface area contributed by atoms with Crippen LogP contribution in [0.15, 0.2) is 46.9 Å². The summed E-state index contributed by atoms with van der Waals surface area (Å²) in [5, 5.41) is 0. The fourth-order valence-corrected chi connectivity index (χ4v) is 3.76. The zero-order valence-corrected chi connectivity index (χ0v) is 16.6. The number of benzene rings is 1. The Bertz CT molecular complexity index is 876. The Balaban J connectivity index is 1.59. The zero-order valence-electron chi connectivity index (χ0n) is 15.8.